The Balaban J connectivity index is 2.42. The lowest BCUT2D eigenvalue weighted by Crippen LogP contribution is -2.11. The van der Waals surface area contributed by atoms with E-state index >= 15 is 0 Å². The monoisotopic (exact) mass is 365 g/mol. The Kier molecular flexibility index (Phi) is 4.56. The Morgan fingerprint density at radius 2 is 2.00 bits per heavy atom. The molecule has 0 radical (unpaired) electrons. The van der Waals surface area contributed by atoms with E-state index in [1.54, 1.807) is 30.6 Å². The van der Waals surface area contributed by atoms with Crippen LogP contribution in [0.25, 0.3) is 0 Å². The third-order valence-corrected chi connectivity index (χ3v) is 4.70. The van der Waals surface area contributed by atoms with Gasteiger partial charge in [-0.3, -0.25) is 0 Å². The number of ether oxygens (including phenoxy) is 1. The van der Waals surface area contributed by atoms with Crippen LogP contribution in [0.5, 0.6) is 5.75 Å². The van der Waals surface area contributed by atoms with Crippen LogP contribution in [0, 0.1) is 0 Å². The lowest BCUT2D eigenvalue weighted by Gasteiger charge is -2.14. The van der Waals surface area contributed by atoms with Crippen molar-refractivity contribution in [2.45, 2.75) is 6.04 Å². The van der Waals surface area contributed by atoms with Crippen LogP contribution in [-0.2, 0) is 0 Å². The van der Waals surface area contributed by atoms with Gasteiger partial charge in [0.1, 0.15) is 5.75 Å². The number of rotatable bonds is 3. The van der Waals surface area contributed by atoms with Crippen LogP contribution in [0.1, 0.15) is 17.2 Å². The molecule has 0 aliphatic heterocycles. The summed E-state index contributed by atoms with van der Waals surface area (Å²) in [5, 5.41) is 3.04. The van der Waals surface area contributed by atoms with Gasteiger partial charge >= 0.3 is 0 Å². The molecule has 2 N–H and O–H groups in total. The molecule has 6 heteroatoms. The van der Waals surface area contributed by atoms with Gasteiger partial charge in [0.05, 0.1) is 22.0 Å². The standard InChI is InChI=1S/C12H10BrCl2NOS/c1-17-10-4-8(14)7(3-9(10)15)12(16)6-2-11(13)18-5-6/h2-5,12H,16H2,1H3. The molecular weight excluding hydrogens is 357 g/mol. The highest BCUT2D eigenvalue weighted by Gasteiger charge is 2.16. The Bertz CT molecular complexity index is 573. The summed E-state index contributed by atoms with van der Waals surface area (Å²) in [6.45, 7) is 0. The number of methoxy groups -OCH3 is 1. The number of benzene rings is 1. The van der Waals surface area contributed by atoms with Gasteiger partial charge in [0, 0.05) is 11.1 Å². The quantitative estimate of drug-likeness (QED) is 0.840. The maximum Gasteiger partial charge on any atom is 0.138 e. The molecule has 18 heavy (non-hydrogen) atoms. The molecule has 0 bridgehead atoms. The van der Waals surface area contributed by atoms with Gasteiger partial charge < -0.3 is 10.5 Å². The zero-order valence-electron chi connectivity index (χ0n) is 9.41. The normalized spacial score (nSPS) is 12.5. The summed E-state index contributed by atoms with van der Waals surface area (Å²) in [6.07, 6.45) is 0. The summed E-state index contributed by atoms with van der Waals surface area (Å²) in [6, 6.07) is 5.10. The van der Waals surface area contributed by atoms with Crippen LogP contribution in [-0.4, -0.2) is 7.11 Å². The van der Waals surface area contributed by atoms with Gasteiger partial charge in [-0.15, -0.1) is 11.3 Å². The van der Waals surface area contributed by atoms with Crippen molar-refractivity contribution < 1.29 is 4.74 Å². The molecule has 0 aliphatic carbocycles. The van der Waals surface area contributed by atoms with Crippen LogP contribution >= 0.6 is 50.5 Å². The highest BCUT2D eigenvalue weighted by molar-refractivity contribution is 9.11. The molecule has 2 rings (SSSR count). The Hall–Kier alpha value is -0.260. The van der Waals surface area contributed by atoms with Crippen LogP contribution in [0.15, 0.2) is 27.4 Å². The predicted octanol–water partition coefficient (Wildman–Crippen LogP) is 4.87. The van der Waals surface area contributed by atoms with E-state index in [4.69, 9.17) is 33.7 Å². The van der Waals surface area contributed by atoms with Gasteiger partial charge in [-0.2, -0.15) is 0 Å². The molecule has 2 aromatic rings. The van der Waals surface area contributed by atoms with E-state index in [-0.39, 0.29) is 6.04 Å². The average molecular weight is 367 g/mol. The zero-order valence-corrected chi connectivity index (χ0v) is 13.3. The Morgan fingerprint density at radius 1 is 1.28 bits per heavy atom. The molecule has 0 spiro atoms. The summed E-state index contributed by atoms with van der Waals surface area (Å²) in [4.78, 5) is 0. The van der Waals surface area contributed by atoms with Crippen molar-refractivity contribution in [3.63, 3.8) is 0 Å². The van der Waals surface area contributed by atoms with E-state index in [2.05, 4.69) is 15.9 Å². The molecule has 0 aliphatic rings. The summed E-state index contributed by atoms with van der Waals surface area (Å²) < 4.78 is 6.14. The summed E-state index contributed by atoms with van der Waals surface area (Å²) in [7, 11) is 1.55. The fourth-order valence-electron chi connectivity index (χ4n) is 1.60. The van der Waals surface area contributed by atoms with E-state index in [9.17, 15) is 0 Å². The first-order valence-corrected chi connectivity index (χ1v) is 7.48. The van der Waals surface area contributed by atoms with E-state index in [0.717, 1.165) is 14.9 Å². The first-order chi connectivity index (χ1) is 8.52. The van der Waals surface area contributed by atoms with Crippen LogP contribution in [0.3, 0.4) is 0 Å². The van der Waals surface area contributed by atoms with E-state index < -0.39 is 0 Å². The molecule has 2 nitrogen and oxygen atoms in total. The first-order valence-electron chi connectivity index (χ1n) is 5.05. The minimum atomic E-state index is -0.302. The molecule has 0 saturated carbocycles. The summed E-state index contributed by atoms with van der Waals surface area (Å²) >= 11 is 17.3. The van der Waals surface area contributed by atoms with Crippen LogP contribution in [0.2, 0.25) is 10.0 Å². The highest BCUT2D eigenvalue weighted by Crippen LogP contribution is 2.36. The highest BCUT2D eigenvalue weighted by atomic mass is 79.9. The minimum Gasteiger partial charge on any atom is -0.495 e. The number of halogens is 3. The maximum atomic E-state index is 6.20. The van der Waals surface area contributed by atoms with Crippen LogP contribution in [0.4, 0.5) is 0 Å². The third kappa shape index (κ3) is 2.83. The minimum absolute atomic E-state index is 0.302. The molecule has 1 unspecified atom stereocenters. The number of hydrogen-bond acceptors (Lipinski definition) is 3. The van der Waals surface area contributed by atoms with Gasteiger partial charge in [-0.05, 0) is 44.6 Å². The van der Waals surface area contributed by atoms with Crippen molar-refractivity contribution in [1.29, 1.82) is 0 Å². The largest absolute Gasteiger partial charge is 0.495 e. The number of nitrogens with two attached hydrogens (primary N) is 1. The van der Waals surface area contributed by atoms with Gasteiger partial charge in [0.15, 0.2) is 0 Å². The van der Waals surface area contributed by atoms with Crippen LogP contribution < -0.4 is 10.5 Å². The molecule has 1 aromatic heterocycles. The second-order valence-corrected chi connectivity index (χ2v) is 6.77. The second-order valence-electron chi connectivity index (χ2n) is 3.67. The van der Waals surface area contributed by atoms with E-state index in [1.165, 1.54) is 0 Å². The molecule has 96 valence electrons. The fourth-order valence-corrected chi connectivity index (χ4v) is 3.34. The lowest BCUT2D eigenvalue weighted by atomic mass is 10.0. The van der Waals surface area contributed by atoms with Crippen molar-refractivity contribution in [2.24, 2.45) is 5.73 Å². The number of hydrogen-bond donors (Lipinski definition) is 1. The maximum absolute atomic E-state index is 6.20. The summed E-state index contributed by atoms with van der Waals surface area (Å²) in [5.41, 5.74) is 7.97. The van der Waals surface area contributed by atoms with Gasteiger partial charge in [0.25, 0.3) is 0 Å². The predicted molar refractivity (Wildman–Crippen MR) is 81.1 cm³/mol. The Labute approximate surface area is 128 Å². The van der Waals surface area contributed by atoms with Crippen molar-refractivity contribution in [2.75, 3.05) is 7.11 Å². The summed E-state index contributed by atoms with van der Waals surface area (Å²) in [5.74, 6) is 0.545. The van der Waals surface area contributed by atoms with E-state index in [0.29, 0.717) is 15.8 Å². The molecule has 1 atom stereocenters. The average Bonchev–Trinajstić information content (AvgIpc) is 2.77. The van der Waals surface area contributed by atoms with Gasteiger partial charge in [0.2, 0.25) is 0 Å². The lowest BCUT2D eigenvalue weighted by molar-refractivity contribution is 0.415. The SMILES string of the molecule is COc1cc(Cl)c(C(N)c2csc(Br)c2)cc1Cl. The molecule has 0 amide bonds. The van der Waals surface area contributed by atoms with Crippen molar-refractivity contribution >= 4 is 50.5 Å². The van der Waals surface area contributed by atoms with Gasteiger partial charge in [-0.1, -0.05) is 23.2 Å². The van der Waals surface area contributed by atoms with Crippen molar-refractivity contribution in [1.82, 2.24) is 0 Å². The molecule has 1 heterocycles. The topological polar surface area (TPSA) is 35.2 Å². The molecule has 0 saturated heterocycles. The third-order valence-electron chi connectivity index (χ3n) is 2.55. The van der Waals surface area contributed by atoms with Crippen molar-refractivity contribution in [3.8, 4) is 5.75 Å². The van der Waals surface area contributed by atoms with Gasteiger partial charge in [-0.25, -0.2) is 0 Å². The Morgan fingerprint density at radius 3 is 2.56 bits per heavy atom. The fraction of sp³-hybridized carbons (Fsp3) is 0.167. The zero-order chi connectivity index (χ0) is 13.3. The number of thiophene rings is 1. The second kappa shape index (κ2) is 5.80. The smallest absolute Gasteiger partial charge is 0.138 e. The first kappa shape index (κ1) is 14.2. The molecule has 0 fully saturated rings. The molecule has 1 aromatic carbocycles. The van der Waals surface area contributed by atoms with E-state index in [1.807, 2.05) is 11.4 Å². The van der Waals surface area contributed by atoms with Crippen molar-refractivity contribution in [3.05, 3.63) is 48.5 Å². The molecular formula is C12H10BrCl2NOS.